The van der Waals surface area contributed by atoms with Crippen LogP contribution in [0.25, 0.3) is 10.7 Å². The zero-order chi connectivity index (χ0) is 10.1. The minimum atomic E-state index is 0.860. The molecule has 4 nitrogen and oxygen atoms in total. The highest BCUT2D eigenvalue weighted by atomic mass is 127. The molecule has 2 rings (SSSR count). The van der Waals surface area contributed by atoms with Gasteiger partial charge in [-0.25, -0.2) is 0 Å². The summed E-state index contributed by atoms with van der Waals surface area (Å²) in [5.41, 5.74) is 2.08. The SMILES string of the molecule is CCn1nc(C)cc1-c1nnc(I)s1. The number of aromatic nitrogens is 4. The molecule has 74 valence electrons. The molecule has 0 aliphatic heterocycles. The lowest BCUT2D eigenvalue weighted by Crippen LogP contribution is -1.98. The van der Waals surface area contributed by atoms with Crippen molar-refractivity contribution in [1.82, 2.24) is 20.0 Å². The highest BCUT2D eigenvalue weighted by molar-refractivity contribution is 14.1. The van der Waals surface area contributed by atoms with E-state index in [9.17, 15) is 0 Å². The van der Waals surface area contributed by atoms with E-state index in [1.807, 2.05) is 17.7 Å². The maximum atomic E-state index is 4.37. The van der Waals surface area contributed by atoms with Gasteiger partial charge >= 0.3 is 0 Å². The van der Waals surface area contributed by atoms with Crippen LogP contribution in [0.3, 0.4) is 0 Å². The number of nitrogens with zero attached hydrogens (tertiary/aromatic N) is 4. The van der Waals surface area contributed by atoms with Gasteiger partial charge in [-0.05, 0) is 42.5 Å². The van der Waals surface area contributed by atoms with Crippen LogP contribution in [0.4, 0.5) is 0 Å². The molecule has 2 heterocycles. The van der Waals surface area contributed by atoms with E-state index >= 15 is 0 Å². The van der Waals surface area contributed by atoms with E-state index in [2.05, 4.69) is 44.8 Å². The van der Waals surface area contributed by atoms with Crippen LogP contribution in [0, 0.1) is 9.94 Å². The maximum absolute atomic E-state index is 4.37. The first-order chi connectivity index (χ1) is 6.70. The molecule has 0 bridgehead atoms. The largest absolute Gasteiger partial charge is 0.262 e. The summed E-state index contributed by atoms with van der Waals surface area (Å²) in [5.74, 6) is 0. The van der Waals surface area contributed by atoms with E-state index in [0.717, 1.165) is 26.0 Å². The second-order valence-corrected chi connectivity index (χ2v) is 5.58. The third kappa shape index (κ3) is 1.81. The molecule has 0 amide bonds. The van der Waals surface area contributed by atoms with Gasteiger partial charge in [0.15, 0.2) is 8.02 Å². The smallest absolute Gasteiger partial charge is 0.178 e. The average molecular weight is 320 g/mol. The summed E-state index contributed by atoms with van der Waals surface area (Å²) in [7, 11) is 0. The summed E-state index contributed by atoms with van der Waals surface area (Å²) in [6.07, 6.45) is 0. The van der Waals surface area contributed by atoms with Crippen molar-refractivity contribution >= 4 is 33.9 Å². The Morgan fingerprint density at radius 2 is 2.29 bits per heavy atom. The summed E-state index contributed by atoms with van der Waals surface area (Å²) in [5, 5.41) is 13.4. The van der Waals surface area contributed by atoms with Crippen LogP contribution in [0.1, 0.15) is 12.6 Å². The summed E-state index contributed by atoms with van der Waals surface area (Å²) in [6.45, 7) is 4.92. The molecule has 0 unspecified atom stereocenters. The van der Waals surface area contributed by atoms with Crippen molar-refractivity contribution in [2.75, 3.05) is 0 Å². The second kappa shape index (κ2) is 3.93. The Hall–Kier alpha value is -0.500. The standard InChI is InChI=1S/C8H9IN4S/c1-3-13-6(4-5(2)12-13)7-10-11-8(9)14-7/h4H,3H2,1-2H3. The first-order valence-electron chi connectivity index (χ1n) is 4.24. The van der Waals surface area contributed by atoms with Crippen LogP contribution in [-0.4, -0.2) is 20.0 Å². The van der Waals surface area contributed by atoms with Crippen LogP contribution in [0.2, 0.25) is 0 Å². The Bertz CT molecular complexity index is 448. The van der Waals surface area contributed by atoms with Gasteiger partial charge in [0.25, 0.3) is 0 Å². The third-order valence-corrected chi connectivity index (χ3v) is 3.43. The Labute approximate surface area is 99.5 Å². The van der Waals surface area contributed by atoms with Gasteiger partial charge in [-0.3, -0.25) is 4.68 Å². The number of hydrogen-bond acceptors (Lipinski definition) is 4. The van der Waals surface area contributed by atoms with Gasteiger partial charge in [0, 0.05) is 6.54 Å². The quantitative estimate of drug-likeness (QED) is 0.798. The number of halogens is 1. The monoisotopic (exact) mass is 320 g/mol. The molecule has 0 radical (unpaired) electrons. The van der Waals surface area contributed by atoms with Crippen molar-refractivity contribution in [3.8, 4) is 10.7 Å². The zero-order valence-electron chi connectivity index (χ0n) is 7.86. The molecule has 14 heavy (non-hydrogen) atoms. The lowest BCUT2D eigenvalue weighted by Gasteiger charge is -1.98. The summed E-state index contributed by atoms with van der Waals surface area (Å²) < 4.78 is 2.91. The molecular formula is C8H9IN4S. The van der Waals surface area contributed by atoms with Crippen molar-refractivity contribution in [2.45, 2.75) is 20.4 Å². The molecule has 0 atom stereocenters. The molecule has 2 aromatic heterocycles. The topological polar surface area (TPSA) is 43.6 Å². The molecule has 0 aromatic carbocycles. The van der Waals surface area contributed by atoms with Crippen molar-refractivity contribution in [3.05, 3.63) is 14.8 Å². The number of rotatable bonds is 2. The summed E-state index contributed by atoms with van der Waals surface area (Å²) in [6, 6.07) is 2.04. The van der Waals surface area contributed by atoms with Crippen LogP contribution < -0.4 is 0 Å². The van der Waals surface area contributed by atoms with Crippen LogP contribution in [0.5, 0.6) is 0 Å². The van der Waals surface area contributed by atoms with Gasteiger partial charge in [0.1, 0.15) is 0 Å². The molecule has 2 aromatic rings. The molecule has 0 saturated heterocycles. The molecule has 0 aliphatic rings. The van der Waals surface area contributed by atoms with Gasteiger partial charge in [-0.15, -0.1) is 10.2 Å². The van der Waals surface area contributed by atoms with Crippen molar-refractivity contribution < 1.29 is 0 Å². The van der Waals surface area contributed by atoms with Crippen LogP contribution in [-0.2, 0) is 6.54 Å². The Kier molecular flexibility index (Phi) is 2.82. The van der Waals surface area contributed by atoms with Gasteiger partial charge < -0.3 is 0 Å². The minimum Gasteiger partial charge on any atom is -0.262 e. The first kappa shape index (κ1) is 10.0. The van der Waals surface area contributed by atoms with Gasteiger partial charge in [-0.2, -0.15) is 5.10 Å². The summed E-state index contributed by atoms with van der Waals surface area (Å²) >= 11 is 3.76. The molecule has 0 spiro atoms. The van der Waals surface area contributed by atoms with E-state index in [-0.39, 0.29) is 0 Å². The zero-order valence-corrected chi connectivity index (χ0v) is 10.8. The molecule has 0 aliphatic carbocycles. The second-order valence-electron chi connectivity index (χ2n) is 2.85. The van der Waals surface area contributed by atoms with Crippen LogP contribution >= 0.6 is 33.9 Å². The predicted molar refractivity (Wildman–Crippen MR) is 64.3 cm³/mol. The van der Waals surface area contributed by atoms with Crippen molar-refractivity contribution in [1.29, 1.82) is 0 Å². The van der Waals surface area contributed by atoms with Gasteiger partial charge in [0.2, 0.25) is 0 Å². The van der Waals surface area contributed by atoms with E-state index in [4.69, 9.17) is 0 Å². The summed E-state index contributed by atoms with van der Waals surface area (Å²) in [4.78, 5) is 0. The third-order valence-electron chi connectivity index (χ3n) is 1.82. The molecule has 0 saturated carbocycles. The van der Waals surface area contributed by atoms with Gasteiger partial charge in [0.05, 0.1) is 11.4 Å². The number of aryl methyl sites for hydroxylation is 2. The molecule has 0 N–H and O–H groups in total. The fraction of sp³-hybridized carbons (Fsp3) is 0.375. The van der Waals surface area contributed by atoms with E-state index in [0.29, 0.717) is 0 Å². The molecular weight excluding hydrogens is 311 g/mol. The van der Waals surface area contributed by atoms with E-state index in [1.165, 1.54) is 0 Å². The lowest BCUT2D eigenvalue weighted by molar-refractivity contribution is 0.659. The maximum Gasteiger partial charge on any atom is 0.178 e. The fourth-order valence-corrected chi connectivity index (χ4v) is 2.59. The van der Waals surface area contributed by atoms with Crippen molar-refractivity contribution in [2.24, 2.45) is 0 Å². The predicted octanol–water partition coefficient (Wildman–Crippen LogP) is 2.33. The normalized spacial score (nSPS) is 10.8. The highest BCUT2D eigenvalue weighted by Crippen LogP contribution is 2.24. The fourth-order valence-electron chi connectivity index (χ4n) is 1.27. The number of hydrogen-bond donors (Lipinski definition) is 0. The first-order valence-corrected chi connectivity index (χ1v) is 6.14. The van der Waals surface area contributed by atoms with Crippen LogP contribution in [0.15, 0.2) is 6.07 Å². The Balaban J connectivity index is 2.49. The Morgan fingerprint density at radius 1 is 1.50 bits per heavy atom. The molecule has 0 fully saturated rings. The highest BCUT2D eigenvalue weighted by Gasteiger charge is 2.11. The van der Waals surface area contributed by atoms with E-state index in [1.54, 1.807) is 11.3 Å². The molecule has 6 heteroatoms. The average Bonchev–Trinajstić information content (AvgIpc) is 2.71. The van der Waals surface area contributed by atoms with Crippen molar-refractivity contribution in [3.63, 3.8) is 0 Å². The van der Waals surface area contributed by atoms with E-state index < -0.39 is 0 Å². The Morgan fingerprint density at radius 3 is 2.86 bits per heavy atom. The minimum absolute atomic E-state index is 0.860. The van der Waals surface area contributed by atoms with Gasteiger partial charge in [-0.1, -0.05) is 11.3 Å². The lowest BCUT2D eigenvalue weighted by atomic mass is 10.4.